The van der Waals surface area contributed by atoms with Gasteiger partial charge in [-0.1, -0.05) is 0 Å². The molecule has 0 aliphatic carbocycles. The Morgan fingerprint density at radius 3 is 2.48 bits per heavy atom. The van der Waals surface area contributed by atoms with E-state index in [1.807, 2.05) is 19.9 Å². The van der Waals surface area contributed by atoms with Crippen LogP contribution in [0, 0.1) is 5.41 Å². The SMILES string of the molecule is CC1CN(c2ccc(NC(=O)NCC(C)(C)C(N)=O)cn2)CC(C)O1. The molecule has 1 aliphatic rings. The highest BCUT2D eigenvalue weighted by Gasteiger charge is 2.25. The van der Waals surface area contributed by atoms with Crippen molar-refractivity contribution in [2.45, 2.75) is 39.9 Å². The van der Waals surface area contributed by atoms with E-state index >= 15 is 0 Å². The van der Waals surface area contributed by atoms with Crippen LogP contribution < -0.4 is 21.3 Å². The average Bonchev–Trinajstić information content (AvgIpc) is 2.52. The largest absolute Gasteiger partial charge is 0.372 e. The van der Waals surface area contributed by atoms with Crippen LogP contribution in [0.5, 0.6) is 0 Å². The number of pyridine rings is 1. The zero-order valence-electron chi connectivity index (χ0n) is 15.2. The molecule has 2 unspecified atom stereocenters. The van der Waals surface area contributed by atoms with Crippen LogP contribution in [0.25, 0.3) is 0 Å². The molecular weight excluding hydrogens is 322 g/mol. The smallest absolute Gasteiger partial charge is 0.319 e. The molecule has 1 saturated heterocycles. The zero-order chi connectivity index (χ0) is 18.6. The Hall–Kier alpha value is -2.35. The van der Waals surface area contributed by atoms with Gasteiger partial charge in [0.2, 0.25) is 5.91 Å². The summed E-state index contributed by atoms with van der Waals surface area (Å²) in [4.78, 5) is 29.8. The first-order valence-electron chi connectivity index (χ1n) is 8.38. The van der Waals surface area contributed by atoms with Gasteiger partial charge >= 0.3 is 6.03 Å². The monoisotopic (exact) mass is 349 g/mol. The van der Waals surface area contributed by atoms with Gasteiger partial charge < -0.3 is 26.0 Å². The van der Waals surface area contributed by atoms with E-state index in [0.717, 1.165) is 18.9 Å². The predicted molar refractivity (Wildman–Crippen MR) is 96.5 cm³/mol. The minimum Gasteiger partial charge on any atom is -0.372 e. The van der Waals surface area contributed by atoms with Gasteiger partial charge in [-0.2, -0.15) is 0 Å². The number of urea groups is 1. The van der Waals surface area contributed by atoms with Crippen molar-refractivity contribution in [3.63, 3.8) is 0 Å². The molecule has 8 heteroatoms. The summed E-state index contributed by atoms with van der Waals surface area (Å²) in [7, 11) is 0. The fraction of sp³-hybridized carbons (Fsp3) is 0.588. The fourth-order valence-corrected chi connectivity index (χ4v) is 2.58. The lowest BCUT2D eigenvalue weighted by Crippen LogP contribution is -2.45. The molecule has 0 spiro atoms. The predicted octanol–water partition coefficient (Wildman–Crippen LogP) is 1.33. The molecule has 3 amide bonds. The Labute approximate surface area is 148 Å². The van der Waals surface area contributed by atoms with E-state index in [-0.39, 0.29) is 18.8 Å². The highest BCUT2D eigenvalue weighted by Crippen LogP contribution is 2.19. The van der Waals surface area contributed by atoms with Crippen molar-refractivity contribution >= 4 is 23.4 Å². The second-order valence-electron chi connectivity index (χ2n) is 7.12. The highest BCUT2D eigenvalue weighted by atomic mass is 16.5. The molecule has 8 nitrogen and oxygen atoms in total. The Bertz CT molecular complexity index is 607. The van der Waals surface area contributed by atoms with Crippen LogP contribution in [0.3, 0.4) is 0 Å². The first-order valence-corrected chi connectivity index (χ1v) is 8.38. The zero-order valence-corrected chi connectivity index (χ0v) is 15.2. The van der Waals surface area contributed by atoms with Crippen molar-refractivity contribution in [1.29, 1.82) is 0 Å². The maximum atomic E-state index is 11.9. The minimum atomic E-state index is -0.802. The Kier molecular flexibility index (Phi) is 5.84. The molecule has 1 aliphatic heterocycles. The molecule has 138 valence electrons. The fourth-order valence-electron chi connectivity index (χ4n) is 2.58. The van der Waals surface area contributed by atoms with Gasteiger partial charge in [-0.25, -0.2) is 9.78 Å². The lowest BCUT2D eigenvalue weighted by atomic mass is 9.93. The molecule has 0 bridgehead atoms. The molecule has 25 heavy (non-hydrogen) atoms. The average molecular weight is 349 g/mol. The molecule has 0 radical (unpaired) electrons. The van der Waals surface area contributed by atoms with Gasteiger partial charge in [0.25, 0.3) is 0 Å². The summed E-state index contributed by atoms with van der Waals surface area (Å²) in [5.74, 6) is 0.385. The summed E-state index contributed by atoms with van der Waals surface area (Å²) < 4.78 is 5.72. The lowest BCUT2D eigenvalue weighted by molar-refractivity contribution is -0.125. The third-order valence-electron chi connectivity index (χ3n) is 4.11. The number of nitrogens with zero attached hydrogens (tertiary/aromatic N) is 2. The number of carbonyl (C=O) groups is 2. The molecule has 1 aromatic heterocycles. The van der Waals surface area contributed by atoms with Gasteiger partial charge in [0.1, 0.15) is 5.82 Å². The van der Waals surface area contributed by atoms with Gasteiger partial charge in [-0.15, -0.1) is 0 Å². The van der Waals surface area contributed by atoms with Gasteiger partial charge in [0.05, 0.1) is 29.5 Å². The number of amides is 3. The van der Waals surface area contributed by atoms with Crippen molar-refractivity contribution in [2.24, 2.45) is 11.1 Å². The molecular formula is C17H27N5O3. The lowest BCUT2D eigenvalue weighted by Gasteiger charge is -2.36. The number of hydrogen-bond donors (Lipinski definition) is 3. The van der Waals surface area contributed by atoms with Gasteiger partial charge in [0.15, 0.2) is 0 Å². The van der Waals surface area contributed by atoms with E-state index in [2.05, 4.69) is 20.5 Å². The second-order valence-corrected chi connectivity index (χ2v) is 7.12. The van der Waals surface area contributed by atoms with Crippen LogP contribution in [0.4, 0.5) is 16.3 Å². The third-order valence-corrected chi connectivity index (χ3v) is 4.11. The number of hydrogen-bond acceptors (Lipinski definition) is 5. The van der Waals surface area contributed by atoms with Gasteiger partial charge in [-0.3, -0.25) is 4.79 Å². The molecule has 2 rings (SSSR count). The first-order chi connectivity index (χ1) is 11.7. The van der Waals surface area contributed by atoms with Crippen LogP contribution in [0.15, 0.2) is 18.3 Å². The Balaban J connectivity index is 1.89. The maximum absolute atomic E-state index is 11.9. The molecule has 0 aromatic carbocycles. The summed E-state index contributed by atoms with van der Waals surface area (Å²) >= 11 is 0. The number of rotatable bonds is 5. The summed E-state index contributed by atoms with van der Waals surface area (Å²) in [5, 5.41) is 5.33. The third kappa shape index (κ3) is 5.32. The number of aromatic nitrogens is 1. The standard InChI is InChI=1S/C17H27N5O3/c1-11-8-22(9-12(2)25-11)14-6-5-13(7-19-14)21-16(24)20-10-17(3,4)15(18)23/h5-7,11-12H,8-10H2,1-4H3,(H2,18,23)(H2,20,21,24). The van der Waals surface area contributed by atoms with Crippen LogP contribution in [0.2, 0.25) is 0 Å². The molecule has 1 fully saturated rings. The Morgan fingerprint density at radius 2 is 1.96 bits per heavy atom. The second kappa shape index (κ2) is 7.69. The van der Waals surface area contributed by atoms with Crippen LogP contribution in [-0.2, 0) is 9.53 Å². The summed E-state index contributed by atoms with van der Waals surface area (Å²) in [6.07, 6.45) is 1.92. The number of ether oxygens (including phenoxy) is 1. The van der Waals surface area contributed by atoms with Gasteiger partial charge in [-0.05, 0) is 39.8 Å². The summed E-state index contributed by atoms with van der Waals surface area (Å²) in [6, 6.07) is 3.26. The number of anilines is 2. The van der Waals surface area contributed by atoms with Crippen molar-refractivity contribution in [1.82, 2.24) is 10.3 Å². The minimum absolute atomic E-state index is 0.155. The van der Waals surface area contributed by atoms with Crippen LogP contribution in [0.1, 0.15) is 27.7 Å². The highest BCUT2D eigenvalue weighted by molar-refractivity contribution is 5.90. The van der Waals surface area contributed by atoms with E-state index in [4.69, 9.17) is 10.5 Å². The molecule has 1 aromatic rings. The van der Waals surface area contributed by atoms with Crippen LogP contribution >= 0.6 is 0 Å². The summed E-state index contributed by atoms with van der Waals surface area (Å²) in [5.41, 5.74) is 5.06. The first kappa shape index (κ1) is 19.0. The van der Waals surface area contributed by atoms with Crippen LogP contribution in [-0.4, -0.2) is 48.8 Å². The molecule has 2 heterocycles. The van der Waals surface area contributed by atoms with E-state index in [9.17, 15) is 9.59 Å². The van der Waals surface area contributed by atoms with Crippen molar-refractivity contribution in [3.05, 3.63) is 18.3 Å². The maximum Gasteiger partial charge on any atom is 0.319 e. The quantitative estimate of drug-likeness (QED) is 0.743. The number of nitrogens with two attached hydrogens (primary N) is 1. The number of nitrogens with one attached hydrogen (secondary N) is 2. The molecule has 0 saturated carbocycles. The Morgan fingerprint density at radius 1 is 1.32 bits per heavy atom. The normalized spacial score (nSPS) is 20.9. The number of carbonyl (C=O) groups excluding carboxylic acids is 2. The van der Waals surface area contributed by atoms with E-state index < -0.39 is 17.4 Å². The van der Waals surface area contributed by atoms with Crippen molar-refractivity contribution < 1.29 is 14.3 Å². The van der Waals surface area contributed by atoms with Crippen molar-refractivity contribution in [3.8, 4) is 0 Å². The number of morpholine rings is 1. The van der Waals surface area contributed by atoms with Crippen molar-refractivity contribution in [2.75, 3.05) is 29.9 Å². The molecule has 2 atom stereocenters. The van der Waals surface area contributed by atoms with E-state index in [1.165, 1.54) is 0 Å². The van der Waals surface area contributed by atoms with Gasteiger partial charge in [0, 0.05) is 19.6 Å². The summed E-state index contributed by atoms with van der Waals surface area (Å²) in [6.45, 7) is 9.16. The topological polar surface area (TPSA) is 110 Å². The number of primary amides is 1. The van der Waals surface area contributed by atoms with E-state index in [1.54, 1.807) is 26.1 Å². The van der Waals surface area contributed by atoms with E-state index in [0.29, 0.717) is 5.69 Å². The molecule has 4 N–H and O–H groups in total.